The van der Waals surface area contributed by atoms with E-state index in [1.54, 1.807) is 40.9 Å². The molecule has 0 saturated carbocycles. The van der Waals surface area contributed by atoms with Gasteiger partial charge < -0.3 is 31.5 Å². The maximum atomic E-state index is 13.7. The maximum Gasteiger partial charge on any atom is 0.255 e. The number of benzene rings is 1. The van der Waals surface area contributed by atoms with Gasteiger partial charge in [0, 0.05) is 23.5 Å². The molecule has 4 atom stereocenters. The van der Waals surface area contributed by atoms with Crippen LogP contribution in [0.5, 0.6) is 5.75 Å². The van der Waals surface area contributed by atoms with Gasteiger partial charge in [0.15, 0.2) is 11.4 Å². The van der Waals surface area contributed by atoms with Crippen molar-refractivity contribution < 1.29 is 39.6 Å². The van der Waals surface area contributed by atoms with Crippen molar-refractivity contribution in [1.82, 2.24) is 10.2 Å². The summed E-state index contributed by atoms with van der Waals surface area (Å²) in [6.07, 6.45) is 0.152. The first-order chi connectivity index (χ1) is 17.5. The van der Waals surface area contributed by atoms with Gasteiger partial charge >= 0.3 is 0 Å². The van der Waals surface area contributed by atoms with Crippen LogP contribution in [0.25, 0.3) is 0 Å². The minimum atomic E-state index is -2.68. The Morgan fingerprint density at radius 3 is 2.34 bits per heavy atom. The summed E-state index contributed by atoms with van der Waals surface area (Å²) in [5.41, 5.74) is 1.93. The number of nitrogens with two attached hydrogens (primary N) is 1. The van der Waals surface area contributed by atoms with E-state index in [1.165, 1.54) is 11.0 Å². The third-order valence-corrected chi connectivity index (χ3v) is 7.82. The van der Waals surface area contributed by atoms with Gasteiger partial charge in [-0.1, -0.05) is 26.8 Å². The number of aromatic hydroxyl groups is 1. The summed E-state index contributed by atoms with van der Waals surface area (Å²) in [6.45, 7) is 5.39. The Balaban J connectivity index is 1.85. The summed E-state index contributed by atoms with van der Waals surface area (Å²) in [5, 5.41) is 47.2. The van der Waals surface area contributed by atoms with E-state index in [0.29, 0.717) is 11.1 Å². The second kappa shape index (κ2) is 8.95. The molecular formula is C27H33N3O8. The molecule has 0 saturated heterocycles. The smallest absolute Gasteiger partial charge is 0.255 e. The Hall–Kier alpha value is -3.70. The molecule has 3 aliphatic rings. The summed E-state index contributed by atoms with van der Waals surface area (Å²) < 4.78 is 0. The van der Waals surface area contributed by atoms with Crippen LogP contribution < -0.4 is 11.1 Å². The fourth-order valence-corrected chi connectivity index (χ4v) is 5.92. The predicted octanol–water partition coefficient (Wildman–Crippen LogP) is 0.783. The largest absolute Gasteiger partial charge is 0.510 e. The third kappa shape index (κ3) is 3.88. The molecule has 1 aromatic rings. The van der Waals surface area contributed by atoms with Gasteiger partial charge in [-0.2, -0.15) is 0 Å². The van der Waals surface area contributed by atoms with Crippen LogP contribution in [0.4, 0.5) is 0 Å². The van der Waals surface area contributed by atoms with Crippen LogP contribution in [0.3, 0.4) is 0 Å². The van der Waals surface area contributed by atoms with Gasteiger partial charge in [0.2, 0.25) is 11.7 Å². The summed E-state index contributed by atoms with van der Waals surface area (Å²) in [5.74, 6) is -7.19. The van der Waals surface area contributed by atoms with E-state index < -0.39 is 63.5 Å². The molecule has 0 fully saturated rings. The Kier molecular flexibility index (Phi) is 6.44. The second-order valence-electron chi connectivity index (χ2n) is 11.5. The van der Waals surface area contributed by atoms with Gasteiger partial charge in [-0.3, -0.25) is 24.1 Å². The normalized spacial score (nSPS) is 27.2. The number of aliphatic hydroxyl groups excluding tert-OH is 2. The maximum absolute atomic E-state index is 13.7. The number of likely N-dealkylation sites (N-methyl/N-ethyl adjacent to an activating group) is 1. The number of nitrogens with zero attached hydrogens (tertiary/aromatic N) is 1. The number of aliphatic hydroxyl groups is 3. The van der Waals surface area contributed by atoms with E-state index >= 15 is 0 Å². The van der Waals surface area contributed by atoms with E-state index in [4.69, 9.17) is 5.73 Å². The summed E-state index contributed by atoms with van der Waals surface area (Å²) in [6, 6.07) is 1.86. The lowest BCUT2D eigenvalue weighted by Gasteiger charge is -2.50. The van der Waals surface area contributed by atoms with Crippen molar-refractivity contribution in [3.63, 3.8) is 0 Å². The molecule has 204 valence electrons. The minimum absolute atomic E-state index is 0.00475. The first kappa shape index (κ1) is 27.3. The van der Waals surface area contributed by atoms with Crippen molar-refractivity contribution in [1.29, 1.82) is 0 Å². The zero-order chi connectivity index (χ0) is 28.5. The zero-order valence-electron chi connectivity index (χ0n) is 22.0. The molecule has 0 spiro atoms. The fraction of sp³-hybridized carbons (Fsp3) is 0.481. The van der Waals surface area contributed by atoms with E-state index in [1.807, 2.05) is 0 Å². The highest BCUT2D eigenvalue weighted by Gasteiger charge is 2.63. The van der Waals surface area contributed by atoms with Crippen molar-refractivity contribution in [2.45, 2.75) is 51.8 Å². The Labute approximate surface area is 219 Å². The molecular weight excluding hydrogens is 494 g/mol. The Morgan fingerprint density at radius 2 is 1.79 bits per heavy atom. The number of primary amides is 1. The average Bonchev–Trinajstić information content (AvgIpc) is 2.79. The SMILES string of the molecule is CN(C)[C@@H]1C(O)=C(C(N)=O)C(=O)[C@@]2(O)C(O)=C3C(=O)c4c(O)ccc(CNC(=O)C(C)(C)C)c4C[C@H]3C[C@@H]12. The van der Waals surface area contributed by atoms with Gasteiger partial charge in [0.05, 0.1) is 11.6 Å². The van der Waals surface area contributed by atoms with Crippen LogP contribution in [0.15, 0.2) is 34.8 Å². The molecule has 0 aromatic heterocycles. The van der Waals surface area contributed by atoms with Gasteiger partial charge in [-0.15, -0.1) is 0 Å². The minimum Gasteiger partial charge on any atom is -0.510 e. The number of amides is 2. The Morgan fingerprint density at radius 1 is 1.16 bits per heavy atom. The number of carbonyl (C=O) groups excluding carboxylic acids is 4. The molecule has 11 nitrogen and oxygen atoms in total. The second-order valence-corrected chi connectivity index (χ2v) is 11.5. The highest BCUT2D eigenvalue weighted by atomic mass is 16.3. The number of fused-ring (bicyclic) bond motifs is 3. The fourth-order valence-electron chi connectivity index (χ4n) is 5.92. The van der Waals surface area contributed by atoms with E-state index in [2.05, 4.69) is 5.32 Å². The van der Waals surface area contributed by atoms with Crippen molar-refractivity contribution in [2.24, 2.45) is 23.0 Å². The number of hydrogen-bond acceptors (Lipinski definition) is 9. The summed E-state index contributed by atoms with van der Waals surface area (Å²) in [7, 11) is 3.14. The van der Waals surface area contributed by atoms with Gasteiger partial charge in [-0.05, 0) is 50.0 Å². The monoisotopic (exact) mass is 527 g/mol. The Bertz CT molecular complexity index is 1340. The van der Waals surface area contributed by atoms with Gasteiger partial charge in [0.25, 0.3) is 5.91 Å². The van der Waals surface area contributed by atoms with Crippen LogP contribution in [0, 0.1) is 17.3 Å². The lowest BCUT2D eigenvalue weighted by Crippen LogP contribution is -2.63. The highest BCUT2D eigenvalue weighted by Crippen LogP contribution is 2.52. The third-order valence-electron chi connectivity index (χ3n) is 7.82. The first-order valence-electron chi connectivity index (χ1n) is 12.3. The number of hydrogen-bond donors (Lipinski definition) is 6. The number of rotatable bonds is 4. The molecule has 1 aromatic carbocycles. The van der Waals surface area contributed by atoms with E-state index in [9.17, 15) is 39.6 Å². The van der Waals surface area contributed by atoms with Crippen LogP contribution in [-0.2, 0) is 27.3 Å². The first-order valence-corrected chi connectivity index (χ1v) is 12.3. The molecule has 2 amide bonds. The lowest BCUT2D eigenvalue weighted by molar-refractivity contribution is -0.148. The number of allylic oxidation sites excluding steroid dienone is 1. The van der Waals surface area contributed by atoms with Crippen molar-refractivity contribution in [2.75, 3.05) is 14.1 Å². The van der Waals surface area contributed by atoms with Crippen molar-refractivity contribution >= 4 is 23.4 Å². The molecule has 4 rings (SSSR count). The van der Waals surface area contributed by atoms with Crippen LogP contribution in [-0.4, -0.2) is 74.4 Å². The number of carbonyl (C=O) groups is 4. The van der Waals surface area contributed by atoms with E-state index in [-0.39, 0.29) is 42.2 Å². The van der Waals surface area contributed by atoms with Gasteiger partial charge in [0.1, 0.15) is 22.8 Å². The lowest BCUT2D eigenvalue weighted by atomic mass is 9.58. The molecule has 0 unspecified atom stereocenters. The molecule has 0 radical (unpaired) electrons. The molecule has 0 heterocycles. The summed E-state index contributed by atoms with van der Waals surface area (Å²) >= 11 is 0. The summed E-state index contributed by atoms with van der Waals surface area (Å²) in [4.78, 5) is 53.0. The highest BCUT2D eigenvalue weighted by molar-refractivity contribution is 6.24. The topological polar surface area (TPSA) is 190 Å². The standard InChI is InChI=1S/C27H33N3O8/c1-26(2,3)25(37)29-10-11-6-7-15(31)17-13(11)8-12-9-14-19(30(4)5)21(33)18(24(28)36)23(35)27(14,38)22(34)16(12)20(17)32/h6-7,12,14,19,31,33-34,38H,8-10H2,1-5H3,(H2,28,36)(H,29,37)/t12-,14-,19-,27-/m0/s1. The van der Waals surface area contributed by atoms with Crippen molar-refractivity contribution in [3.05, 3.63) is 51.5 Å². The molecule has 0 bridgehead atoms. The predicted molar refractivity (Wildman–Crippen MR) is 135 cm³/mol. The number of phenols is 1. The molecule has 3 aliphatic carbocycles. The quantitative estimate of drug-likeness (QED) is 0.307. The average molecular weight is 528 g/mol. The van der Waals surface area contributed by atoms with Crippen LogP contribution >= 0.6 is 0 Å². The molecule has 38 heavy (non-hydrogen) atoms. The van der Waals surface area contributed by atoms with Crippen LogP contribution in [0.2, 0.25) is 0 Å². The van der Waals surface area contributed by atoms with E-state index in [0.717, 1.165) is 0 Å². The van der Waals surface area contributed by atoms with Crippen molar-refractivity contribution in [3.8, 4) is 5.75 Å². The molecule has 11 heteroatoms. The number of Topliss-reactive ketones (excluding diaryl/α,β-unsaturated/α-hetero) is 2. The number of nitrogens with one attached hydrogen (secondary N) is 1. The van der Waals surface area contributed by atoms with Gasteiger partial charge in [-0.25, -0.2) is 0 Å². The zero-order valence-corrected chi connectivity index (χ0v) is 22.0. The number of ketones is 2. The molecule has 7 N–H and O–H groups in total. The van der Waals surface area contributed by atoms with Crippen LogP contribution in [0.1, 0.15) is 48.7 Å². The molecule has 0 aliphatic heterocycles. The number of phenolic OH excluding ortho intramolecular Hbond substituents is 1.